The zero-order valence-corrected chi connectivity index (χ0v) is 24.7. The first-order valence-electron chi connectivity index (χ1n) is 15.0. The summed E-state index contributed by atoms with van der Waals surface area (Å²) in [4.78, 5) is 58.2. The first kappa shape index (κ1) is 31.0. The molecule has 2 fully saturated rings. The number of carbonyl (C=O) groups excluding carboxylic acids is 4. The van der Waals surface area contributed by atoms with E-state index in [0.717, 1.165) is 16.5 Å². The number of hydrogen-bond acceptors (Lipinski definition) is 8. The average Bonchev–Trinajstić information content (AvgIpc) is 3.67. The molecule has 2 aliphatic heterocycles. The lowest BCUT2D eigenvalue weighted by molar-refractivity contribution is -0.138. The van der Waals surface area contributed by atoms with Crippen LogP contribution in [0.5, 0.6) is 0 Å². The Bertz CT molecular complexity index is 1490. The first-order chi connectivity index (χ1) is 21.3. The minimum Gasteiger partial charge on any atom is -0.383 e. The van der Waals surface area contributed by atoms with E-state index in [0.29, 0.717) is 25.1 Å². The predicted octanol–water partition coefficient (Wildman–Crippen LogP) is 0.319. The van der Waals surface area contributed by atoms with E-state index in [1.807, 2.05) is 60.7 Å². The van der Waals surface area contributed by atoms with Crippen LogP contribution in [0.4, 0.5) is 5.69 Å². The quantitative estimate of drug-likeness (QED) is 0.183. The first-order valence-corrected chi connectivity index (χ1v) is 15.0. The number of nitrogens with one attached hydrogen (secondary N) is 5. The van der Waals surface area contributed by atoms with Crippen molar-refractivity contribution in [3.63, 3.8) is 0 Å². The number of aromatic nitrogens is 1. The number of aliphatic hydroxyl groups is 1. The molecule has 0 aliphatic carbocycles. The van der Waals surface area contributed by atoms with Gasteiger partial charge in [-0.2, -0.15) is 0 Å². The maximum atomic E-state index is 13.8. The maximum absolute atomic E-state index is 13.8. The summed E-state index contributed by atoms with van der Waals surface area (Å²) in [6, 6.07) is 16.7. The number of carbonyl (C=O) groups is 4. The lowest BCUT2D eigenvalue weighted by atomic mass is 10.1. The van der Waals surface area contributed by atoms with E-state index in [4.69, 9.17) is 0 Å². The Morgan fingerprint density at radius 1 is 1.02 bits per heavy atom. The van der Waals surface area contributed by atoms with Crippen molar-refractivity contribution < 1.29 is 24.3 Å². The number of likely N-dealkylation sites (tertiary alicyclic amines) is 1. The molecule has 0 unspecified atom stereocenters. The highest BCUT2D eigenvalue weighted by atomic mass is 16.3. The van der Waals surface area contributed by atoms with E-state index in [1.165, 1.54) is 4.90 Å². The summed E-state index contributed by atoms with van der Waals surface area (Å²) in [5.74, 6) is -1.38. The van der Waals surface area contributed by atoms with Crippen molar-refractivity contribution in [2.75, 3.05) is 32.0 Å². The molecule has 4 amide bonds. The van der Waals surface area contributed by atoms with Crippen LogP contribution < -0.4 is 26.6 Å². The van der Waals surface area contributed by atoms with Gasteiger partial charge in [-0.15, -0.1) is 0 Å². The van der Waals surface area contributed by atoms with Gasteiger partial charge in [-0.25, -0.2) is 0 Å². The lowest BCUT2D eigenvalue weighted by Gasteiger charge is -2.26. The fourth-order valence-corrected chi connectivity index (χ4v) is 5.85. The Morgan fingerprint density at radius 2 is 1.80 bits per heavy atom. The van der Waals surface area contributed by atoms with Crippen molar-refractivity contribution in [3.8, 4) is 0 Å². The molecule has 2 saturated heterocycles. The molecule has 0 saturated carbocycles. The van der Waals surface area contributed by atoms with Crippen LogP contribution >= 0.6 is 0 Å². The number of aliphatic hydroxyl groups excluding tert-OH is 1. The number of fused-ring (bicyclic) bond motifs is 1. The zero-order chi connectivity index (χ0) is 31.1. The Morgan fingerprint density at radius 3 is 2.59 bits per heavy atom. The van der Waals surface area contributed by atoms with E-state index in [1.54, 1.807) is 13.2 Å². The van der Waals surface area contributed by atoms with Crippen LogP contribution in [-0.4, -0.2) is 95.6 Å². The number of nitrogens with zero attached hydrogens (tertiary/aromatic N) is 2. The van der Waals surface area contributed by atoms with Crippen LogP contribution in [0, 0.1) is 0 Å². The predicted molar refractivity (Wildman–Crippen MR) is 165 cm³/mol. The van der Waals surface area contributed by atoms with E-state index >= 15 is 0 Å². The van der Waals surface area contributed by atoms with Crippen molar-refractivity contribution in [2.45, 2.75) is 56.0 Å². The highest BCUT2D eigenvalue weighted by molar-refractivity contribution is 5.99. The molecule has 5 rings (SSSR count). The zero-order valence-electron chi connectivity index (χ0n) is 24.7. The van der Waals surface area contributed by atoms with Gasteiger partial charge in [0.25, 0.3) is 0 Å². The molecule has 3 aromatic rings. The van der Waals surface area contributed by atoms with Crippen LogP contribution in [0.25, 0.3) is 10.9 Å². The van der Waals surface area contributed by atoms with E-state index in [-0.39, 0.29) is 43.8 Å². The monoisotopic (exact) mass is 601 g/mol. The molecule has 0 spiro atoms. The summed E-state index contributed by atoms with van der Waals surface area (Å²) in [5.41, 5.74) is 2.30. The van der Waals surface area contributed by atoms with Gasteiger partial charge in [0, 0.05) is 30.6 Å². The number of aryl methyl sites for hydroxylation is 1. The number of hydrogen-bond donors (Lipinski definition) is 6. The molecule has 1 aromatic heterocycles. The fourth-order valence-electron chi connectivity index (χ4n) is 5.85. The fraction of sp³-hybridized carbons (Fsp3) is 0.406. The van der Waals surface area contributed by atoms with Gasteiger partial charge in [-0.1, -0.05) is 48.5 Å². The van der Waals surface area contributed by atoms with Crippen molar-refractivity contribution in [2.24, 2.45) is 0 Å². The molecule has 2 aliphatic rings. The number of anilines is 1. The van der Waals surface area contributed by atoms with E-state index < -0.39 is 36.0 Å². The number of benzene rings is 2. The third kappa shape index (κ3) is 7.76. The number of amides is 4. The Labute approximate surface area is 256 Å². The highest BCUT2D eigenvalue weighted by Crippen LogP contribution is 2.24. The smallest absolute Gasteiger partial charge is 0.249 e. The Hall–Kier alpha value is -4.39. The van der Waals surface area contributed by atoms with Crippen LogP contribution in [0.2, 0.25) is 0 Å². The summed E-state index contributed by atoms with van der Waals surface area (Å²) < 4.78 is 0. The van der Waals surface area contributed by atoms with Gasteiger partial charge >= 0.3 is 0 Å². The summed E-state index contributed by atoms with van der Waals surface area (Å²) in [5, 5.41) is 26.0. The molecule has 44 heavy (non-hydrogen) atoms. The van der Waals surface area contributed by atoms with Crippen LogP contribution in [-0.2, 0) is 25.6 Å². The van der Waals surface area contributed by atoms with Crippen LogP contribution in [0.1, 0.15) is 24.8 Å². The Balaban J connectivity index is 1.26. The molecular formula is C32H39N7O5. The molecule has 5 atom stereocenters. The lowest BCUT2D eigenvalue weighted by Crippen LogP contribution is -2.50. The van der Waals surface area contributed by atoms with Crippen molar-refractivity contribution in [1.82, 2.24) is 31.2 Å². The molecule has 12 nitrogen and oxygen atoms in total. The van der Waals surface area contributed by atoms with Gasteiger partial charge in [0.1, 0.15) is 12.1 Å². The minimum absolute atomic E-state index is 0.110. The van der Waals surface area contributed by atoms with Gasteiger partial charge in [-0.05, 0) is 50.4 Å². The molecular weight excluding hydrogens is 562 g/mol. The molecule has 12 heteroatoms. The van der Waals surface area contributed by atoms with E-state index in [2.05, 4.69) is 31.6 Å². The second-order valence-electron chi connectivity index (χ2n) is 11.4. The Kier molecular flexibility index (Phi) is 10.2. The standard InChI is InChI=1S/C32H39N7O5/c1-33-18-29(41)36-23-14-26(35-17-23)32(44)39-19-24(38-31(43)28(40)12-11-20-7-3-2-4-8-20)15-27(39)30(42)37-22-13-21-9-5-6-10-25(21)34-16-22/h2-10,13,16,23-24,26-28,33,35,40H,11-12,14-15,17-19H2,1H3,(H,36,41)(H,37,42)(H,38,43)/t23-,24-,26+,27+,28-/m1/s1. The normalized spacial score (nSPS) is 22.0. The molecule has 232 valence electrons. The highest BCUT2D eigenvalue weighted by Gasteiger charge is 2.44. The van der Waals surface area contributed by atoms with Crippen molar-refractivity contribution in [3.05, 3.63) is 72.4 Å². The summed E-state index contributed by atoms with van der Waals surface area (Å²) in [7, 11) is 1.68. The van der Waals surface area contributed by atoms with Crippen LogP contribution in [0.3, 0.4) is 0 Å². The van der Waals surface area contributed by atoms with Crippen LogP contribution in [0.15, 0.2) is 66.9 Å². The topological polar surface area (TPSA) is 165 Å². The minimum atomic E-state index is -1.23. The molecule has 2 aromatic carbocycles. The third-order valence-corrected chi connectivity index (χ3v) is 8.07. The molecule has 3 heterocycles. The van der Waals surface area contributed by atoms with Crippen molar-refractivity contribution in [1.29, 1.82) is 0 Å². The molecule has 0 radical (unpaired) electrons. The summed E-state index contributed by atoms with van der Waals surface area (Å²) in [6.07, 6.45) is 1.69. The molecule has 0 bridgehead atoms. The van der Waals surface area contributed by atoms with Gasteiger partial charge in [-0.3, -0.25) is 24.2 Å². The van der Waals surface area contributed by atoms with Gasteiger partial charge in [0.05, 0.1) is 30.0 Å². The number of pyridine rings is 1. The van der Waals surface area contributed by atoms with Crippen molar-refractivity contribution >= 4 is 40.2 Å². The summed E-state index contributed by atoms with van der Waals surface area (Å²) >= 11 is 0. The number of likely N-dealkylation sites (N-methyl/N-ethyl adjacent to an activating group) is 1. The molecule has 6 N–H and O–H groups in total. The maximum Gasteiger partial charge on any atom is 0.249 e. The second kappa shape index (κ2) is 14.4. The number of para-hydroxylation sites is 1. The van der Waals surface area contributed by atoms with Gasteiger partial charge < -0.3 is 36.6 Å². The van der Waals surface area contributed by atoms with Gasteiger partial charge in [0.2, 0.25) is 23.6 Å². The third-order valence-electron chi connectivity index (χ3n) is 8.07. The SMILES string of the molecule is CNCC(=O)N[C@H]1CN[C@H](C(=O)N2C[C@H](NC(=O)[C@H](O)CCc3ccccc3)C[C@H]2C(=O)Nc2cnc3ccccc3c2)C1. The number of rotatable bonds is 11. The van der Waals surface area contributed by atoms with Gasteiger partial charge in [0.15, 0.2) is 0 Å². The average molecular weight is 602 g/mol. The second-order valence-corrected chi connectivity index (χ2v) is 11.4. The summed E-state index contributed by atoms with van der Waals surface area (Å²) in [6.45, 7) is 0.706. The van der Waals surface area contributed by atoms with E-state index in [9.17, 15) is 24.3 Å². The largest absolute Gasteiger partial charge is 0.383 e.